The van der Waals surface area contributed by atoms with E-state index >= 15 is 0 Å². The molecule has 0 amide bonds. The fourth-order valence-electron chi connectivity index (χ4n) is 2.79. The summed E-state index contributed by atoms with van der Waals surface area (Å²) >= 11 is 7.77. The smallest absolute Gasteiger partial charge is 0.109 e. The van der Waals surface area contributed by atoms with Crippen molar-refractivity contribution in [3.8, 4) is 11.1 Å². The first-order chi connectivity index (χ1) is 12.2. The highest BCUT2D eigenvalue weighted by Gasteiger charge is 2.12. The van der Waals surface area contributed by atoms with Gasteiger partial charge in [0.15, 0.2) is 0 Å². The second-order valence-electron chi connectivity index (χ2n) is 5.91. The highest BCUT2D eigenvalue weighted by molar-refractivity contribution is 7.99. The number of nitrogens with zero attached hydrogens (tertiary/aromatic N) is 1. The molecule has 1 aromatic heterocycles. The van der Waals surface area contributed by atoms with Crippen molar-refractivity contribution in [3.05, 3.63) is 89.4 Å². The lowest BCUT2D eigenvalue weighted by Crippen LogP contribution is -1.90. The molecule has 1 heterocycles. The van der Waals surface area contributed by atoms with Gasteiger partial charge in [0.1, 0.15) is 5.03 Å². The van der Waals surface area contributed by atoms with Gasteiger partial charge in [-0.25, -0.2) is 4.98 Å². The number of aryl methyl sites for hydroxylation is 1. The molecule has 0 saturated heterocycles. The number of fused-ring (bicyclic) bond motifs is 1. The van der Waals surface area contributed by atoms with Crippen LogP contribution in [0.3, 0.4) is 0 Å². The maximum Gasteiger partial charge on any atom is 0.109 e. The van der Waals surface area contributed by atoms with Gasteiger partial charge in [0.05, 0.1) is 5.52 Å². The van der Waals surface area contributed by atoms with E-state index in [1.807, 2.05) is 24.3 Å². The van der Waals surface area contributed by atoms with E-state index in [2.05, 4.69) is 61.5 Å². The van der Waals surface area contributed by atoms with Crippen molar-refractivity contribution in [3.63, 3.8) is 0 Å². The SMILES string of the molecule is Cc1ccccc1Sc1nc2ccccc2cc1-c1ccc(Cl)cc1. The summed E-state index contributed by atoms with van der Waals surface area (Å²) < 4.78 is 0. The Hall–Kier alpha value is -2.29. The Bertz CT molecular complexity index is 1040. The fourth-order valence-corrected chi connectivity index (χ4v) is 3.93. The molecule has 1 nitrogen and oxygen atoms in total. The highest BCUT2D eigenvalue weighted by Crippen LogP contribution is 2.38. The average molecular weight is 362 g/mol. The van der Waals surface area contributed by atoms with Crippen LogP contribution in [0.4, 0.5) is 0 Å². The predicted molar refractivity (Wildman–Crippen MR) is 107 cm³/mol. The third kappa shape index (κ3) is 3.41. The van der Waals surface area contributed by atoms with Gasteiger partial charge < -0.3 is 0 Å². The summed E-state index contributed by atoms with van der Waals surface area (Å²) in [6.07, 6.45) is 0. The number of rotatable bonds is 3. The lowest BCUT2D eigenvalue weighted by atomic mass is 10.1. The summed E-state index contributed by atoms with van der Waals surface area (Å²) in [5, 5.41) is 2.89. The van der Waals surface area contributed by atoms with Crippen molar-refractivity contribution < 1.29 is 0 Å². The molecule has 122 valence electrons. The molecule has 4 aromatic rings. The zero-order valence-electron chi connectivity index (χ0n) is 13.7. The van der Waals surface area contributed by atoms with Crippen molar-refractivity contribution >= 4 is 34.3 Å². The van der Waals surface area contributed by atoms with E-state index in [9.17, 15) is 0 Å². The Kier molecular flexibility index (Phi) is 4.48. The van der Waals surface area contributed by atoms with Crippen LogP contribution < -0.4 is 0 Å². The summed E-state index contributed by atoms with van der Waals surface area (Å²) in [5.74, 6) is 0. The molecule has 0 radical (unpaired) electrons. The third-order valence-electron chi connectivity index (χ3n) is 4.14. The van der Waals surface area contributed by atoms with Crippen LogP contribution in [0.25, 0.3) is 22.0 Å². The van der Waals surface area contributed by atoms with Gasteiger partial charge in [0.25, 0.3) is 0 Å². The standard InChI is InChI=1S/C22H16ClNS/c1-15-6-2-5-9-21(15)25-22-19(16-10-12-18(23)13-11-16)14-17-7-3-4-8-20(17)24-22/h2-14H,1H3. The first-order valence-electron chi connectivity index (χ1n) is 8.10. The van der Waals surface area contributed by atoms with Crippen LogP contribution in [0.15, 0.2) is 88.8 Å². The Labute approximate surface area is 156 Å². The molecule has 0 aliphatic carbocycles. The molecule has 3 heteroatoms. The largest absolute Gasteiger partial charge is 0.240 e. The minimum atomic E-state index is 0.741. The molecule has 0 bridgehead atoms. The Morgan fingerprint density at radius 1 is 0.840 bits per heavy atom. The minimum Gasteiger partial charge on any atom is -0.240 e. The monoisotopic (exact) mass is 361 g/mol. The van der Waals surface area contributed by atoms with Gasteiger partial charge in [-0.2, -0.15) is 0 Å². The molecule has 0 unspecified atom stereocenters. The summed E-state index contributed by atoms with van der Waals surface area (Å²) in [4.78, 5) is 6.16. The molecule has 0 spiro atoms. The number of para-hydroxylation sites is 1. The van der Waals surface area contributed by atoms with Gasteiger partial charge in [-0.1, -0.05) is 71.9 Å². The first kappa shape index (κ1) is 16.2. The van der Waals surface area contributed by atoms with Crippen LogP contribution in [0.2, 0.25) is 5.02 Å². The van der Waals surface area contributed by atoms with Crippen molar-refractivity contribution in [1.82, 2.24) is 4.98 Å². The van der Waals surface area contributed by atoms with E-state index in [4.69, 9.17) is 16.6 Å². The van der Waals surface area contributed by atoms with Gasteiger partial charge in [0, 0.05) is 20.9 Å². The van der Waals surface area contributed by atoms with Crippen molar-refractivity contribution in [2.75, 3.05) is 0 Å². The van der Waals surface area contributed by atoms with Crippen LogP contribution in [-0.4, -0.2) is 4.98 Å². The summed E-state index contributed by atoms with van der Waals surface area (Å²) in [6.45, 7) is 2.13. The number of halogens is 1. The molecule has 0 atom stereocenters. The zero-order valence-corrected chi connectivity index (χ0v) is 15.3. The summed E-state index contributed by atoms with van der Waals surface area (Å²) in [7, 11) is 0. The van der Waals surface area contributed by atoms with Crippen LogP contribution in [0.5, 0.6) is 0 Å². The molecule has 0 aliphatic heterocycles. The maximum atomic E-state index is 6.06. The van der Waals surface area contributed by atoms with Gasteiger partial charge in [0.2, 0.25) is 0 Å². The van der Waals surface area contributed by atoms with Crippen molar-refractivity contribution in [1.29, 1.82) is 0 Å². The van der Waals surface area contributed by atoms with E-state index in [1.165, 1.54) is 10.5 Å². The second kappa shape index (κ2) is 6.91. The van der Waals surface area contributed by atoms with Crippen LogP contribution in [0, 0.1) is 6.92 Å². The minimum absolute atomic E-state index is 0.741. The van der Waals surface area contributed by atoms with Gasteiger partial charge in [-0.3, -0.25) is 0 Å². The quantitative estimate of drug-likeness (QED) is 0.389. The van der Waals surface area contributed by atoms with E-state index < -0.39 is 0 Å². The number of aromatic nitrogens is 1. The van der Waals surface area contributed by atoms with Crippen LogP contribution >= 0.6 is 23.4 Å². The predicted octanol–water partition coefficient (Wildman–Crippen LogP) is 7.01. The molecule has 0 aliphatic rings. The summed E-state index contributed by atoms with van der Waals surface area (Å²) in [6, 6.07) is 26.8. The lowest BCUT2D eigenvalue weighted by molar-refractivity contribution is 1.18. The molecule has 4 rings (SSSR count). The Balaban J connectivity index is 1.89. The van der Waals surface area contributed by atoms with Crippen molar-refractivity contribution in [2.45, 2.75) is 16.8 Å². The number of hydrogen-bond donors (Lipinski definition) is 0. The fraction of sp³-hybridized carbons (Fsp3) is 0.0455. The molecule has 0 fully saturated rings. The molecular formula is C22H16ClNS. The zero-order chi connectivity index (χ0) is 17.2. The third-order valence-corrected chi connectivity index (χ3v) is 5.58. The summed E-state index contributed by atoms with van der Waals surface area (Å²) in [5.41, 5.74) is 4.52. The number of pyridine rings is 1. The van der Waals surface area contributed by atoms with Crippen LogP contribution in [-0.2, 0) is 0 Å². The van der Waals surface area contributed by atoms with E-state index in [-0.39, 0.29) is 0 Å². The number of hydrogen-bond acceptors (Lipinski definition) is 2. The van der Waals surface area contributed by atoms with Gasteiger partial charge in [-0.15, -0.1) is 0 Å². The van der Waals surface area contributed by atoms with E-state index in [1.54, 1.807) is 11.8 Å². The molecule has 0 N–H and O–H groups in total. The molecular weight excluding hydrogens is 346 g/mol. The van der Waals surface area contributed by atoms with E-state index in [0.29, 0.717) is 0 Å². The van der Waals surface area contributed by atoms with Gasteiger partial charge in [-0.05, 0) is 48.4 Å². The van der Waals surface area contributed by atoms with Crippen LogP contribution in [0.1, 0.15) is 5.56 Å². The second-order valence-corrected chi connectivity index (χ2v) is 7.38. The Morgan fingerprint density at radius 3 is 2.36 bits per heavy atom. The topological polar surface area (TPSA) is 12.9 Å². The maximum absolute atomic E-state index is 6.06. The van der Waals surface area contributed by atoms with E-state index in [0.717, 1.165) is 32.1 Å². The number of benzene rings is 3. The molecule has 25 heavy (non-hydrogen) atoms. The average Bonchev–Trinajstić information content (AvgIpc) is 2.64. The molecule has 0 saturated carbocycles. The molecule has 3 aromatic carbocycles. The van der Waals surface area contributed by atoms with Gasteiger partial charge >= 0.3 is 0 Å². The lowest BCUT2D eigenvalue weighted by Gasteiger charge is -2.12. The normalized spacial score (nSPS) is 11.0. The van der Waals surface area contributed by atoms with Crippen molar-refractivity contribution in [2.24, 2.45) is 0 Å². The first-order valence-corrected chi connectivity index (χ1v) is 9.29. The Morgan fingerprint density at radius 2 is 1.56 bits per heavy atom. The highest BCUT2D eigenvalue weighted by atomic mass is 35.5.